The Hall–Kier alpha value is -2.17. The number of benzene rings is 1. The summed E-state index contributed by atoms with van der Waals surface area (Å²) in [4.78, 5) is 35.8. The van der Waals surface area contributed by atoms with Crippen molar-refractivity contribution in [2.45, 2.75) is 19.8 Å². The fourth-order valence-corrected chi connectivity index (χ4v) is 2.14. The molecule has 0 saturated carbocycles. The van der Waals surface area contributed by atoms with Crippen LogP contribution in [0, 0.1) is 0 Å². The molecule has 0 spiro atoms. The SMILES string of the molecule is CC(=O)NCCC(=O)c1ccc2c(c1)CC(=O)N2C. The van der Waals surface area contributed by atoms with Crippen LogP contribution >= 0.6 is 0 Å². The van der Waals surface area contributed by atoms with Crippen molar-refractivity contribution in [3.8, 4) is 0 Å². The highest BCUT2D eigenvalue weighted by atomic mass is 16.2. The molecule has 1 aliphatic rings. The third kappa shape index (κ3) is 2.81. The zero-order valence-corrected chi connectivity index (χ0v) is 11.0. The summed E-state index contributed by atoms with van der Waals surface area (Å²) < 4.78 is 0. The largest absolute Gasteiger partial charge is 0.356 e. The predicted octanol–water partition coefficient (Wildman–Crippen LogP) is 0.914. The van der Waals surface area contributed by atoms with E-state index in [1.54, 1.807) is 30.1 Å². The summed E-state index contributed by atoms with van der Waals surface area (Å²) in [6.07, 6.45) is 0.612. The number of hydrogen-bond acceptors (Lipinski definition) is 3. The Kier molecular flexibility index (Phi) is 3.64. The summed E-state index contributed by atoms with van der Waals surface area (Å²) in [6, 6.07) is 5.29. The van der Waals surface area contributed by atoms with Crippen molar-refractivity contribution < 1.29 is 14.4 Å². The van der Waals surface area contributed by atoms with Crippen molar-refractivity contribution in [1.82, 2.24) is 5.32 Å². The third-order valence-corrected chi connectivity index (χ3v) is 3.20. The van der Waals surface area contributed by atoms with Gasteiger partial charge >= 0.3 is 0 Å². The van der Waals surface area contributed by atoms with Gasteiger partial charge in [-0.05, 0) is 23.8 Å². The van der Waals surface area contributed by atoms with E-state index >= 15 is 0 Å². The van der Waals surface area contributed by atoms with Gasteiger partial charge in [0.05, 0.1) is 6.42 Å². The molecule has 0 saturated heterocycles. The number of carbonyl (C=O) groups is 3. The predicted molar refractivity (Wildman–Crippen MR) is 71.2 cm³/mol. The number of anilines is 1. The van der Waals surface area contributed by atoms with E-state index in [-0.39, 0.29) is 24.0 Å². The topological polar surface area (TPSA) is 66.5 Å². The zero-order valence-electron chi connectivity index (χ0n) is 11.0. The van der Waals surface area contributed by atoms with E-state index in [2.05, 4.69) is 5.32 Å². The number of Topliss-reactive ketones (excluding diaryl/α,β-unsaturated/α-hetero) is 1. The fraction of sp³-hybridized carbons (Fsp3) is 0.357. The molecule has 19 heavy (non-hydrogen) atoms. The second-order valence-electron chi connectivity index (χ2n) is 4.63. The van der Waals surface area contributed by atoms with Gasteiger partial charge in [0, 0.05) is 38.2 Å². The minimum absolute atomic E-state index is 0.0291. The summed E-state index contributed by atoms with van der Waals surface area (Å²) in [5, 5.41) is 2.59. The maximum atomic E-state index is 11.9. The molecule has 5 heteroatoms. The Morgan fingerprint density at radius 3 is 2.79 bits per heavy atom. The molecule has 0 atom stereocenters. The van der Waals surface area contributed by atoms with Crippen LogP contribution in [0.5, 0.6) is 0 Å². The first-order valence-corrected chi connectivity index (χ1v) is 6.16. The van der Waals surface area contributed by atoms with E-state index in [1.165, 1.54) is 6.92 Å². The molecule has 0 unspecified atom stereocenters. The quantitative estimate of drug-likeness (QED) is 0.818. The normalized spacial score (nSPS) is 13.4. The molecule has 100 valence electrons. The molecular formula is C14H16N2O3. The highest BCUT2D eigenvalue weighted by Gasteiger charge is 2.24. The van der Waals surface area contributed by atoms with Gasteiger partial charge in [0.1, 0.15) is 0 Å². The monoisotopic (exact) mass is 260 g/mol. The van der Waals surface area contributed by atoms with Crippen molar-refractivity contribution >= 4 is 23.3 Å². The number of hydrogen-bond donors (Lipinski definition) is 1. The molecule has 1 heterocycles. The fourth-order valence-electron chi connectivity index (χ4n) is 2.14. The summed E-state index contributed by atoms with van der Waals surface area (Å²) in [7, 11) is 1.73. The molecule has 0 aliphatic carbocycles. The van der Waals surface area contributed by atoms with Crippen LogP contribution in [0.15, 0.2) is 18.2 Å². The van der Waals surface area contributed by atoms with E-state index < -0.39 is 0 Å². The number of ketones is 1. The zero-order chi connectivity index (χ0) is 14.0. The Bertz CT molecular complexity index is 552. The third-order valence-electron chi connectivity index (χ3n) is 3.20. The summed E-state index contributed by atoms with van der Waals surface area (Å²) in [5.41, 5.74) is 2.34. The molecule has 0 aromatic heterocycles. The van der Waals surface area contributed by atoms with Crippen LogP contribution in [0.4, 0.5) is 5.69 Å². The van der Waals surface area contributed by atoms with Gasteiger partial charge in [-0.3, -0.25) is 14.4 Å². The molecule has 1 aromatic rings. The van der Waals surface area contributed by atoms with Crippen LogP contribution in [-0.2, 0) is 16.0 Å². The van der Waals surface area contributed by atoms with Gasteiger partial charge in [0.25, 0.3) is 0 Å². The van der Waals surface area contributed by atoms with Gasteiger partial charge in [-0.15, -0.1) is 0 Å². The maximum Gasteiger partial charge on any atom is 0.231 e. The molecule has 0 bridgehead atoms. The van der Waals surface area contributed by atoms with Crippen LogP contribution < -0.4 is 10.2 Å². The molecule has 0 radical (unpaired) electrons. The molecule has 1 N–H and O–H groups in total. The summed E-state index contributed by atoms with van der Waals surface area (Å²) in [5.74, 6) is -0.134. The second-order valence-corrected chi connectivity index (χ2v) is 4.63. The molecule has 0 fully saturated rings. The molecule has 1 aromatic carbocycles. The Morgan fingerprint density at radius 2 is 2.11 bits per heavy atom. The Morgan fingerprint density at radius 1 is 1.37 bits per heavy atom. The van der Waals surface area contributed by atoms with E-state index in [4.69, 9.17) is 0 Å². The van der Waals surface area contributed by atoms with Crippen LogP contribution in [0.1, 0.15) is 29.3 Å². The van der Waals surface area contributed by atoms with Crippen molar-refractivity contribution in [2.24, 2.45) is 0 Å². The van der Waals surface area contributed by atoms with E-state index in [0.29, 0.717) is 18.5 Å². The van der Waals surface area contributed by atoms with Crippen molar-refractivity contribution in [3.63, 3.8) is 0 Å². The van der Waals surface area contributed by atoms with Crippen molar-refractivity contribution in [1.29, 1.82) is 0 Å². The minimum Gasteiger partial charge on any atom is -0.356 e. The Balaban J connectivity index is 2.07. The van der Waals surface area contributed by atoms with Crippen molar-refractivity contribution in [2.75, 3.05) is 18.5 Å². The molecule has 5 nitrogen and oxygen atoms in total. The lowest BCUT2D eigenvalue weighted by atomic mass is 10.0. The lowest BCUT2D eigenvalue weighted by molar-refractivity contribution is -0.119. The average Bonchev–Trinajstić information content (AvgIpc) is 2.64. The highest BCUT2D eigenvalue weighted by Crippen LogP contribution is 2.28. The van der Waals surface area contributed by atoms with Crippen LogP contribution in [0.25, 0.3) is 0 Å². The van der Waals surface area contributed by atoms with Crippen LogP contribution in [0.2, 0.25) is 0 Å². The maximum absolute atomic E-state index is 11.9. The molecule has 2 rings (SSSR count). The summed E-state index contributed by atoms with van der Waals surface area (Å²) >= 11 is 0. The number of amides is 2. The lowest BCUT2D eigenvalue weighted by Crippen LogP contribution is -2.23. The number of fused-ring (bicyclic) bond motifs is 1. The first-order valence-electron chi connectivity index (χ1n) is 6.16. The number of nitrogens with one attached hydrogen (secondary N) is 1. The second kappa shape index (κ2) is 5.22. The van der Waals surface area contributed by atoms with E-state index in [9.17, 15) is 14.4 Å². The number of rotatable bonds is 4. The van der Waals surface area contributed by atoms with Crippen LogP contribution in [0.3, 0.4) is 0 Å². The van der Waals surface area contributed by atoms with Gasteiger partial charge in [-0.25, -0.2) is 0 Å². The van der Waals surface area contributed by atoms with Gasteiger partial charge in [-0.1, -0.05) is 0 Å². The van der Waals surface area contributed by atoms with Gasteiger partial charge < -0.3 is 10.2 Å². The van der Waals surface area contributed by atoms with E-state index in [1.807, 2.05) is 0 Å². The first-order chi connectivity index (χ1) is 8.99. The highest BCUT2D eigenvalue weighted by molar-refractivity contribution is 6.03. The first kappa shape index (κ1) is 13.3. The summed E-state index contributed by atoms with van der Waals surface area (Å²) in [6.45, 7) is 1.76. The smallest absolute Gasteiger partial charge is 0.231 e. The van der Waals surface area contributed by atoms with Crippen LogP contribution in [-0.4, -0.2) is 31.2 Å². The number of likely N-dealkylation sites (N-methyl/N-ethyl adjacent to an activating group) is 1. The number of nitrogens with zero attached hydrogens (tertiary/aromatic N) is 1. The standard InChI is InChI=1S/C14H16N2O3/c1-9(17)15-6-5-13(18)10-3-4-12-11(7-10)8-14(19)16(12)2/h3-4,7H,5-6,8H2,1-2H3,(H,15,17). The molecule has 2 amide bonds. The molecular weight excluding hydrogens is 244 g/mol. The van der Waals surface area contributed by atoms with Gasteiger partial charge in [0.15, 0.2) is 5.78 Å². The minimum atomic E-state index is -0.144. The van der Waals surface area contributed by atoms with E-state index in [0.717, 1.165) is 11.3 Å². The number of carbonyl (C=O) groups excluding carboxylic acids is 3. The van der Waals surface area contributed by atoms with Crippen molar-refractivity contribution in [3.05, 3.63) is 29.3 Å². The lowest BCUT2D eigenvalue weighted by Gasteiger charge is -2.10. The Labute approximate surface area is 111 Å². The van der Waals surface area contributed by atoms with Gasteiger partial charge in [0.2, 0.25) is 11.8 Å². The average molecular weight is 260 g/mol. The molecule has 1 aliphatic heterocycles. The van der Waals surface area contributed by atoms with Gasteiger partial charge in [-0.2, -0.15) is 0 Å².